The van der Waals surface area contributed by atoms with Crippen molar-refractivity contribution in [1.29, 1.82) is 0 Å². The minimum atomic E-state index is 0.482. The monoisotopic (exact) mass is 278 g/mol. The van der Waals surface area contributed by atoms with E-state index in [2.05, 4.69) is 31.0 Å². The maximum absolute atomic E-state index is 3.95. The summed E-state index contributed by atoms with van der Waals surface area (Å²) in [6.45, 7) is 9.86. The first-order chi connectivity index (χ1) is 9.69. The van der Waals surface area contributed by atoms with Gasteiger partial charge in [0.15, 0.2) is 0 Å². The molecule has 4 atom stereocenters. The third kappa shape index (κ3) is 2.54. The maximum atomic E-state index is 3.95. The van der Waals surface area contributed by atoms with E-state index in [1.54, 1.807) is 0 Å². The Labute approximate surface area is 125 Å². The summed E-state index contributed by atoms with van der Waals surface area (Å²) < 4.78 is 0. The first-order valence-corrected chi connectivity index (χ1v) is 9.20. The van der Waals surface area contributed by atoms with Gasteiger partial charge in [-0.25, -0.2) is 0 Å². The second-order valence-corrected chi connectivity index (χ2v) is 7.77. The van der Waals surface area contributed by atoms with E-state index in [9.17, 15) is 0 Å². The fourth-order valence-corrected chi connectivity index (χ4v) is 5.41. The molecule has 2 aliphatic carbocycles. The van der Waals surface area contributed by atoms with Crippen molar-refractivity contribution in [2.75, 3.05) is 13.1 Å². The second-order valence-electron chi connectivity index (χ2n) is 7.77. The van der Waals surface area contributed by atoms with Crippen molar-refractivity contribution in [2.24, 2.45) is 11.8 Å². The third-order valence-electron chi connectivity index (χ3n) is 6.83. The molecule has 0 aromatic rings. The van der Waals surface area contributed by atoms with Crippen molar-refractivity contribution < 1.29 is 0 Å². The summed E-state index contributed by atoms with van der Waals surface area (Å²) >= 11 is 0. The Kier molecular flexibility index (Phi) is 4.42. The van der Waals surface area contributed by atoms with Gasteiger partial charge >= 0.3 is 0 Å². The van der Waals surface area contributed by atoms with Crippen molar-refractivity contribution in [3.63, 3.8) is 0 Å². The molecule has 1 heterocycles. The molecule has 1 spiro atoms. The molecular formula is C18H34N2. The Morgan fingerprint density at radius 2 is 1.85 bits per heavy atom. The summed E-state index contributed by atoms with van der Waals surface area (Å²) in [6, 6.07) is 1.65. The van der Waals surface area contributed by atoms with Gasteiger partial charge < -0.3 is 5.32 Å². The van der Waals surface area contributed by atoms with Gasteiger partial charge in [0.2, 0.25) is 0 Å². The molecule has 1 aliphatic heterocycles. The van der Waals surface area contributed by atoms with Gasteiger partial charge in [0.05, 0.1) is 0 Å². The Bertz CT molecular complexity index is 321. The average molecular weight is 278 g/mol. The first-order valence-electron chi connectivity index (χ1n) is 9.20. The highest BCUT2D eigenvalue weighted by atomic mass is 15.3. The van der Waals surface area contributed by atoms with E-state index in [0.29, 0.717) is 5.54 Å². The number of hydrogen-bond donors (Lipinski definition) is 1. The van der Waals surface area contributed by atoms with Crippen LogP contribution in [0.3, 0.4) is 0 Å². The fraction of sp³-hybridized carbons (Fsp3) is 1.00. The lowest BCUT2D eigenvalue weighted by Gasteiger charge is -2.50. The molecule has 2 saturated carbocycles. The van der Waals surface area contributed by atoms with Crippen LogP contribution in [0.25, 0.3) is 0 Å². The van der Waals surface area contributed by atoms with Crippen LogP contribution >= 0.6 is 0 Å². The Morgan fingerprint density at radius 1 is 1.10 bits per heavy atom. The van der Waals surface area contributed by atoms with Gasteiger partial charge in [0, 0.05) is 30.7 Å². The summed E-state index contributed by atoms with van der Waals surface area (Å²) in [5.41, 5.74) is 0.482. The predicted octanol–water partition coefficient (Wildman–Crippen LogP) is 3.81. The number of nitrogens with zero attached hydrogens (tertiary/aromatic N) is 1. The number of nitrogens with one attached hydrogen (secondary N) is 1. The van der Waals surface area contributed by atoms with Crippen LogP contribution in [0.15, 0.2) is 0 Å². The summed E-state index contributed by atoms with van der Waals surface area (Å²) in [5.74, 6) is 1.89. The quantitative estimate of drug-likeness (QED) is 0.844. The lowest BCUT2D eigenvalue weighted by Crippen LogP contribution is -2.65. The van der Waals surface area contributed by atoms with E-state index < -0.39 is 0 Å². The topological polar surface area (TPSA) is 15.3 Å². The third-order valence-corrected chi connectivity index (χ3v) is 6.83. The zero-order chi connectivity index (χ0) is 14.2. The van der Waals surface area contributed by atoms with E-state index in [4.69, 9.17) is 0 Å². The second kappa shape index (κ2) is 5.96. The zero-order valence-electron chi connectivity index (χ0n) is 13.8. The SMILES string of the molecule is CCC1CCC(N2CC3(CCCC3)NCC2CC)C1C. The average Bonchev–Trinajstić information content (AvgIpc) is 3.06. The van der Waals surface area contributed by atoms with Crippen LogP contribution in [0.2, 0.25) is 0 Å². The van der Waals surface area contributed by atoms with Crippen LogP contribution < -0.4 is 5.32 Å². The van der Waals surface area contributed by atoms with Crippen molar-refractivity contribution >= 4 is 0 Å². The molecule has 0 aromatic heterocycles. The Morgan fingerprint density at radius 3 is 2.45 bits per heavy atom. The van der Waals surface area contributed by atoms with Crippen LogP contribution in [0, 0.1) is 11.8 Å². The zero-order valence-corrected chi connectivity index (χ0v) is 13.8. The predicted molar refractivity (Wildman–Crippen MR) is 86.0 cm³/mol. The Hall–Kier alpha value is -0.0800. The molecule has 3 aliphatic rings. The van der Waals surface area contributed by atoms with E-state index in [1.807, 2.05) is 0 Å². The smallest absolute Gasteiger partial charge is 0.0309 e. The molecule has 0 aromatic carbocycles. The summed E-state index contributed by atoms with van der Waals surface area (Å²) in [6.07, 6.45) is 11.3. The highest BCUT2D eigenvalue weighted by Gasteiger charge is 2.45. The molecular weight excluding hydrogens is 244 g/mol. The molecule has 0 amide bonds. The lowest BCUT2D eigenvalue weighted by atomic mass is 9.87. The number of rotatable bonds is 3. The van der Waals surface area contributed by atoms with E-state index in [1.165, 1.54) is 64.5 Å². The minimum absolute atomic E-state index is 0.482. The molecule has 1 saturated heterocycles. The van der Waals surface area contributed by atoms with Crippen LogP contribution in [-0.4, -0.2) is 35.6 Å². The number of piperazine rings is 1. The lowest BCUT2D eigenvalue weighted by molar-refractivity contribution is 0.0250. The van der Waals surface area contributed by atoms with Gasteiger partial charge in [-0.2, -0.15) is 0 Å². The highest BCUT2D eigenvalue weighted by molar-refractivity contribution is 5.04. The molecule has 2 nitrogen and oxygen atoms in total. The van der Waals surface area contributed by atoms with E-state index in [0.717, 1.165) is 23.9 Å². The van der Waals surface area contributed by atoms with Crippen molar-refractivity contribution in [3.8, 4) is 0 Å². The first kappa shape index (κ1) is 14.8. The molecule has 3 rings (SSSR count). The molecule has 116 valence electrons. The number of hydrogen-bond acceptors (Lipinski definition) is 2. The van der Waals surface area contributed by atoms with E-state index >= 15 is 0 Å². The normalized spacial score (nSPS) is 41.5. The summed E-state index contributed by atoms with van der Waals surface area (Å²) in [4.78, 5) is 2.95. The minimum Gasteiger partial charge on any atom is -0.308 e. The van der Waals surface area contributed by atoms with Crippen molar-refractivity contribution in [3.05, 3.63) is 0 Å². The molecule has 4 unspecified atom stereocenters. The maximum Gasteiger partial charge on any atom is 0.0309 e. The van der Waals surface area contributed by atoms with E-state index in [-0.39, 0.29) is 0 Å². The van der Waals surface area contributed by atoms with Crippen LogP contribution in [0.4, 0.5) is 0 Å². The van der Waals surface area contributed by atoms with Crippen LogP contribution in [-0.2, 0) is 0 Å². The summed E-state index contributed by atoms with van der Waals surface area (Å²) in [7, 11) is 0. The standard InChI is InChI=1S/C18H34N2/c1-4-15-8-9-17(14(15)3)20-13-18(10-6-7-11-18)19-12-16(20)5-2/h14-17,19H,4-13H2,1-3H3. The molecule has 1 N–H and O–H groups in total. The van der Waals surface area contributed by atoms with Gasteiger partial charge in [0.25, 0.3) is 0 Å². The van der Waals surface area contributed by atoms with Crippen molar-refractivity contribution in [2.45, 2.75) is 89.8 Å². The highest BCUT2D eigenvalue weighted by Crippen LogP contribution is 2.41. The van der Waals surface area contributed by atoms with Gasteiger partial charge in [-0.3, -0.25) is 4.90 Å². The largest absolute Gasteiger partial charge is 0.308 e. The van der Waals surface area contributed by atoms with Gasteiger partial charge in [-0.15, -0.1) is 0 Å². The molecule has 20 heavy (non-hydrogen) atoms. The Balaban J connectivity index is 1.74. The molecule has 3 fully saturated rings. The summed E-state index contributed by atoms with van der Waals surface area (Å²) in [5, 5.41) is 3.95. The van der Waals surface area contributed by atoms with Crippen LogP contribution in [0.1, 0.15) is 72.1 Å². The fourth-order valence-electron chi connectivity index (χ4n) is 5.41. The van der Waals surface area contributed by atoms with Gasteiger partial charge in [0.1, 0.15) is 0 Å². The molecule has 0 bridgehead atoms. The molecule has 2 heteroatoms. The van der Waals surface area contributed by atoms with Gasteiger partial charge in [-0.1, -0.05) is 40.0 Å². The van der Waals surface area contributed by atoms with Gasteiger partial charge in [-0.05, 0) is 43.9 Å². The van der Waals surface area contributed by atoms with Crippen LogP contribution in [0.5, 0.6) is 0 Å². The molecule has 0 radical (unpaired) electrons. The van der Waals surface area contributed by atoms with Crippen molar-refractivity contribution in [1.82, 2.24) is 10.2 Å².